The normalized spacial score (nSPS) is 20.6. The van der Waals surface area contributed by atoms with Crippen molar-refractivity contribution >= 4 is 28.3 Å². The van der Waals surface area contributed by atoms with Crippen LogP contribution in [0.4, 0.5) is 5.13 Å². The second-order valence-corrected chi connectivity index (χ2v) is 7.73. The quantitative estimate of drug-likeness (QED) is 0.894. The summed E-state index contributed by atoms with van der Waals surface area (Å²) in [5.41, 5.74) is 1.08. The molecule has 1 aromatic heterocycles. The van der Waals surface area contributed by atoms with E-state index in [0.717, 1.165) is 23.4 Å². The van der Waals surface area contributed by atoms with Gasteiger partial charge in [-0.25, -0.2) is 0 Å². The fourth-order valence-electron chi connectivity index (χ4n) is 3.22. The van der Waals surface area contributed by atoms with Crippen LogP contribution in [0.1, 0.15) is 42.2 Å². The van der Waals surface area contributed by atoms with E-state index in [-0.39, 0.29) is 24.2 Å². The summed E-state index contributed by atoms with van der Waals surface area (Å²) in [6.45, 7) is 1.00. The van der Waals surface area contributed by atoms with Crippen molar-refractivity contribution in [3.8, 4) is 0 Å². The highest BCUT2D eigenvalue weighted by atomic mass is 32.1. The maximum Gasteiger partial charge on any atom is 0.231 e. The summed E-state index contributed by atoms with van der Waals surface area (Å²) in [5.74, 6) is 0.0708. The molecule has 0 bridgehead atoms. The lowest BCUT2D eigenvalue weighted by molar-refractivity contribution is -0.128. The van der Waals surface area contributed by atoms with Crippen LogP contribution in [-0.2, 0) is 16.1 Å². The maximum atomic E-state index is 12.5. The molecule has 2 heterocycles. The maximum absolute atomic E-state index is 12.5. The summed E-state index contributed by atoms with van der Waals surface area (Å²) in [4.78, 5) is 26.4. The largest absolute Gasteiger partial charge is 0.338 e. The molecule has 1 N–H and O–H groups in total. The Bertz CT molecular complexity index is 772. The fraction of sp³-hybridized carbons (Fsp3) is 0.444. The Morgan fingerprint density at radius 3 is 2.76 bits per heavy atom. The lowest BCUT2D eigenvalue weighted by Gasteiger charge is -2.21. The molecule has 1 aliphatic carbocycles. The number of hydrogen-bond donors (Lipinski definition) is 1. The molecule has 2 fully saturated rings. The van der Waals surface area contributed by atoms with Crippen LogP contribution in [-0.4, -0.2) is 33.5 Å². The molecule has 0 spiro atoms. The highest BCUT2D eigenvalue weighted by Crippen LogP contribution is 2.38. The zero-order chi connectivity index (χ0) is 17.2. The second-order valence-electron chi connectivity index (χ2n) is 6.72. The predicted octanol–water partition coefficient (Wildman–Crippen LogP) is 2.79. The Hall–Kier alpha value is -2.28. The van der Waals surface area contributed by atoms with Gasteiger partial charge in [-0.2, -0.15) is 0 Å². The summed E-state index contributed by atoms with van der Waals surface area (Å²) >= 11 is 1.46. The van der Waals surface area contributed by atoms with Gasteiger partial charge in [-0.3, -0.25) is 9.59 Å². The molecule has 2 amide bonds. The van der Waals surface area contributed by atoms with Crippen molar-refractivity contribution < 1.29 is 9.59 Å². The van der Waals surface area contributed by atoms with Crippen molar-refractivity contribution in [3.63, 3.8) is 0 Å². The SMILES string of the molecule is O=C(Nc1nnc(C2CCC2)s1)C1CC(=O)N(Cc2ccccc2)C1. The molecule has 1 saturated carbocycles. The first-order chi connectivity index (χ1) is 12.2. The van der Waals surface area contributed by atoms with E-state index in [4.69, 9.17) is 0 Å². The van der Waals surface area contributed by atoms with E-state index in [1.807, 2.05) is 30.3 Å². The first-order valence-electron chi connectivity index (χ1n) is 8.65. The summed E-state index contributed by atoms with van der Waals surface area (Å²) < 4.78 is 0. The number of nitrogens with one attached hydrogen (secondary N) is 1. The fourth-order valence-corrected chi connectivity index (χ4v) is 4.13. The standard InChI is InChI=1S/C18H20N4O2S/c23-15-9-14(11-22(15)10-12-5-2-1-3-6-12)16(24)19-18-21-20-17(25-18)13-7-4-8-13/h1-3,5-6,13-14H,4,7-11H2,(H,19,21,24). The van der Waals surface area contributed by atoms with E-state index in [1.165, 1.54) is 17.8 Å². The van der Waals surface area contributed by atoms with Crippen molar-refractivity contribution in [2.24, 2.45) is 5.92 Å². The van der Waals surface area contributed by atoms with Crippen LogP contribution in [0.5, 0.6) is 0 Å². The molecule has 1 saturated heterocycles. The Labute approximate surface area is 150 Å². The van der Waals surface area contributed by atoms with Crippen molar-refractivity contribution in [1.82, 2.24) is 15.1 Å². The number of aromatic nitrogens is 2. The summed E-state index contributed by atoms with van der Waals surface area (Å²) in [7, 11) is 0. The molecule has 7 heteroatoms. The highest BCUT2D eigenvalue weighted by Gasteiger charge is 2.34. The Morgan fingerprint density at radius 1 is 1.24 bits per heavy atom. The van der Waals surface area contributed by atoms with Crippen LogP contribution in [0, 0.1) is 5.92 Å². The number of rotatable bonds is 5. The minimum atomic E-state index is -0.327. The minimum Gasteiger partial charge on any atom is -0.338 e. The van der Waals surface area contributed by atoms with Crippen LogP contribution < -0.4 is 5.32 Å². The molecule has 1 unspecified atom stereocenters. The number of carbonyl (C=O) groups excluding carboxylic acids is 2. The van der Waals surface area contributed by atoms with Crippen molar-refractivity contribution in [1.29, 1.82) is 0 Å². The Kier molecular flexibility index (Phi) is 4.48. The smallest absolute Gasteiger partial charge is 0.231 e. The minimum absolute atomic E-state index is 0.0245. The summed E-state index contributed by atoms with van der Waals surface area (Å²) in [6.07, 6.45) is 3.82. The lowest BCUT2D eigenvalue weighted by Crippen LogP contribution is -2.28. The third-order valence-electron chi connectivity index (χ3n) is 4.93. The predicted molar refractivity (Wildman–Crippen MR) is 95.1 cm³/mol. The van der Waals surface area contributed by atoms with Gasteiger partial charge in [-0.05, 0) is 18.4 Å². The molecule has 2 aromatic rings. The van der Waals surface area contributed by atoms with Crippen molar-refractivity contribution in [2.45, 2.75) is 38.1 Å². The van der Waals surface area contributed by atoms with Gasteiger partial charge < -0.3 is 10.2 Å². The summed E-state index contributed by atoms with van der Waals surface area (Å²) in [5, 5.41) is 12.6. The molecule has 130 valence electrons. The molecule has 2 aliphatic rings. The average molecular weight is 356 g/mol. The van der Waals surface area contributed by atoms with Crippen molar-refractivity contribution in [2.75, 3.05) is 11.9 Å². The Balaban J connectivity index is 1.34. The van der Waals surface area contributed by atoms with Gasteiger partial charge in [-0.15, -0.1) is 10.2 Å². The van der Waals surface area contributed by atoms with Crippen LogP contribution in [0.25, 0.3) is 0 Å². The van der Waals surface area contributed by atoms with E-state index in [0.29, 0.717) is 24.1 Å². The van der Waals surface area contributed by atoms with E-state index >= 15 is 0 Å². The monoisotopic (exact) mass is 356 g/mol. The molecule has 1 atom stereocenters. The van der Waals surface area contributed by atoms with Gasteiger partial charge in [0.25, 0.3) is 0 Å². The first kappa shape index (κ1) is 16.2. The van der Waals surface area contributed by atoms with Gasteiger partial charge in [0, 0.05) is 25.4 Å². The van der Waals surface area contributed by atoms with Gasteiger partial charge in [0.15, 0.2) is 0 Å². The number of hydrogen-bond acceptors (Lipinski definition) is 5. The van der Waals surface area contributed by atoms with Gasteiger partial charge in [0.05, 0.1) is 5.92 Å². The first-order valence-corrected chi connectivity index (χ1v) is 9.46. The third kappa shape index (κ3) is 3.56. The zero-order valence-corrected chi connectivity index (χ0v) is 14.7. The van der Waals surface area contributed by atoms with Crippen LogP contribution in [0.3, 0.4) is 0 Å². The molecular weight excluding hydrogens is 336 g/mol. The van der Waals surface area contributed by atoms with E-state index in [2.05, 4.69) is 15.5 Å². The van der Waals surface area contributed by atoms with Gasteiger partial charge in [0.1, 0.15) is 5.01 Å². The molecular formula is C18H20N4O2S. The molecule has 6 nitrogen and oxygen atoms in total. The van der Waals surface area contributed by atoms with Crippen LogP contribution in [0.2, 0.25) is 0 Å². The van der Waals surface area contributed by atoms with E-state index in [9.17, 15) is 9.59 Å². The van der Waals surface area contributed by atoms with Crippen LogP contribution in [0.15, 0.2) is 30.3 Å². The Morgan fingerprint density at radius 2 is 2.04 bits per heavy atom. The number of likely N-dealkylation sites (tertiary alicyclic amines) is 1. The topological polar surface area (TPSA) is 75.2 Å². The zero-order valence-electron chi connectivity index (χ0n) is 13.9. The second kappa shape index (κ2) is 6.92. The number of amides is 2. The number of benzene rings is 1. The van der Waals surface area contributed by atoms with E-state index in [1.54, 1.807) is 4.90 Å². The van der Waals surface area contributed by atoms with Gasteiger partial charge in [-0.1, -0.05) is 48.1 Å². The molecule has 25 heavy (non-hydrogen) atoms. The van der Waals surface area contributed by atoms with Crippen molar-refractivity contribution in [3.05, 3.63) is 40.9 Å². The number of nitrogens with zero attached hydrogens (tertiary/aromatic N) is 3. The molecule has 1 aliphatic heterocycles. The van der Waals surface area contributed by atoms with Crippen LogP contribution >= 0.6 is 11.3 Å². The molecule has 4 rings (SSSR count). The highest BCUT2D eigenvalue weighted by molar-refractivity contribution is 7.15. The third-order valence-corrected chi connectivity index (χ3v) is 5.93. The molecule has 1 aromatic carbocycles. The number of anilines is 1. The number of carbonyl (C=O) groups is 2. The lowest BCUT2D eigenvalue weighted by atomic mass is 9.86. The van der Waals surface area contributed by atoms with Gasteiger partial charge in [0.2, 0.25) is 16.9 Å². The summed E-state index contributed by atoms with van der Waals surface area (Å²) in [6, 6.07) is 9.84. The molecule has 0 radical (unpaired) electrons. The van der Waals surface area contributed by atoms with E-state index < -0.39 is 0 Å². The average Bonchev–Trinajstić information content (AvgIpc) is 3.14. The van der Waals surface area contributed by atoms with Gasteiger partial charge >= 0.3 is 0 Å².